The molecule has 5 nitrogen and oxygen atoms in total. The van der Waals surface area contributed by atoms with Crippen LogP contribution in [0.3, 0.4) is 0 Å². The van der Waals surface area contributed by atoms with Gasteiger partial charge in [-0.1, -0.05) is 30.3 Å². The summed E-state index contributed by atoms with van der Waals surface area (Å²) >= 11 is 0. The van der Waals surface area contributed by atoms with Crippen LogP contribution in [0.15, 0.2) is 30.3 Å². The molecule has 1 atom stereocenters. The van der Waals surface area contributed by atoms with Crippen molar-refractivity contribution in [1.82, 2.24) is 9.62 Å². The largest absolute Gasteiger partial charge is 0.352 e. The normalized spacial score (nSPS) is 20.6. The average Bonchev–Trinajstić information content (AvgIpc) is 2.39. The van der Waals surface area contributed by atoms with Crippen molar-refractivity contribution in [2.75, 3.05) is 13.1 Å². The smallest absolute Gasteiger partial charge is 0.218 e. The SMILES string of the molecule is CC(=O)NC1CCCN(S(=O)(=O)Cc2ccccc2)C1. The molecule has 0 aromatic heterocycles. The molecule has 0 spiro atoms. The lowest BCUT2D eigenvalue weighted by Crippen LogP contribution is -2.49. The summed E-state index contributed by atoms with van der Waals surface area (Å²) in [7, 11) is -3.32. The second-order valence-corrected chi connectivity index (χ2v) is 7.11. The summed E-state index contributed by atoms with van der Waals surface area (Å²) < 4.78 is 26.3. The quantitative estimate of drug-likeness (QED) is 0.905. The van der Waals surface area contributed by atoms with Gasteiger partial charge in [0.15, 0.2) is 0 Å². The van der Waals surface area contributed by atoms with Crippen LogP contribution >= 0.6 is 0 Å². The molecule has 110 valence electrons. The van der Waals surface area contributed by atoms with E-state index in [-0.39, 0.29) is 17.7 Å². The van der Waals surface area contributed by atoms with E-state index in [9.17, 15) is 13.2 Å². The third-order valence-electron chi connectivity index (χ3n) is 3.38. The summed E-state index contributed by atoms with van der Waals surface area (Å²) in [5, 5.41) is 2.80. The van der Waals surface area contributed by atoms with E-state index in [0.29, 0.717) is 13.1 Å². The Labute approximate surface area is 120 Å². The molecule has 0 radical (unpaired) electrons. The van der Waals surface area contributed by atoms with Gasteiger partial charge in [-0.25, -0.2) is 8.42 Å². The van der Waals surface area contributed by atoms with E-state index < -0.39 is 10.0 Å². The van der Waals surface area contributed by atoms with Crippen molar-refractivity contribution in [3.63, 3.8) is 0 Å². The van der Waals surface area contributed by atoms with Crippen molar-refractivity contribution < 1.29 is 13.2 Å². The van der Waals surface area contributed by atoms with E-state index in [1.54, 1.807) is 0 Å². The van der Waals surface area contributed by atoms with E-state index in [4.69, 9.17) is 0 Å². The predicted molar refractivity (Wildman–Crippen MR) is 77.5 cm³/mol. The summed E-state index contributed by atoms with van der Waals surface area (Å²) in [6.45, 7) is 2.36. The molecule has 1 unspecified atom stereocenters. The Morgan fingerprint density at radius 3 is 2.70 bits per heavy atom. The molecule has 1 amide bonds. The Morgan fingerprint density at radius 2 is 2.05 bits per heavy atom. The van der Waals surface area contributed by atoms with Gasteiger partial charge in [0.05, 0.1) is 5.75 Å². The highest BCUT2D eigenvalue weighted by molar-refractivity contribution is 7.88. The summed E-state index contributed by atoms with van der Waals surface area (Å²) in [5.41, 5.74) is 0.786. The Bertz CT molecular complexity index is 557. The fourth-order valence-electron chi connectivity index (χ4n) is 2.48. The molecular formula is C14H20N2O3S. The first-order chi connectivity index (χ1) is 9.47. The standard InChI is InChI=1S/C14H20N2O3S/c1-12(17)15-14-8-5-9-16(10-14)20(18,19)11-13-6-3-2-4-7-13/h2-4,6-7,14H,5,8-11H2,1H3,(H,15,17). The number of carbonyl (C=O) groups excluding carboxylic acids is 1. The molecule has 1 aromatic carbocycles. The number of carbonyl (C=O) groups is 1. The zero-order valence-corrected chi connectivity index (χ0v) is 12.4. The van der Waals surface area contributed by atoms with Crippen LogP contribution < -0.4 is 5.32 Å². The molecular weight excluding hydrogens is 276 g/mol. The minimum Gasteiger partial charge on any atom is -0.352 e. The fourth-order valence-corrected chi connectivity index (χ4v) is 4.09. The van der Waals surface area contributed by atoms with Gasteiger partial charge in [-0.15, -0.1) is 0 Å². The molecule has 0 saturated carbocycles. The number of sulfonamides is 1. The van der Waals surface area contributed by atoms with Crippen LogP contribution in [0.2, 0.25) is 0 Å². The monoisotopic (exact) mass is 296 g/mol. The first kappa shape index (κ1) is 15.0. The molecule has 6 heteroatoms. The highest BCUT2D eigenvalue weighted by atomic mass is 32.2. The molecule has 0 bridgehead atoms. The molecule has 1 aliphatic rings. The summed E-state index contributed by atoms with van der Waals surface area (Å²) in [6, 6.07) is 9.08. The maximum Gasteiger partial charge on any atom is 0.218 e. The fraction of sp³-hybridized carbons (Fsp3) is 0.500. The lowest BCUT2D eigenvalue weighted by atomic mass is 10.1. The third kappa shape index (κ3) is 4.05. The van der Waals surface area contributed by atoms with Gasteiger partial charge >= 0.3 is 0 Å². The van der Waals surface area contributed by atoms with Gasteiger partial charge in [0, 0.05) is 26.1 Å². The average molecular weight is 296 g/mol. The summed E-state index contributed by atoms with van der Waals surface area (Å²) in [4.78, 5) is 11.1. The lowest BCUT2D eigenvalue weighted by Gasteiger charge is -2.32. The number of piperidine rings is 1. The van der Waals surface area contributed by atoms with E-state index in [0.717, 1.165) is 18.4 Å². The molecule has 1 heterocycles. The van der Waals surface area contributed by atoms with Crippen molar-refractivity contribution in [3.8, 4) is 0 Å². The first-order valence-electron chi connectivity index (χ1n) is 6.76. The van der Waals surface area contributed by atoms with Crippen molar-refractivity contribution in [2.24, 2.45) is 0 Å². The van der Waals surface area contributed by atoms with Gasteiger partial charge < -0.3 is 5.32 Å². The number of rotatable bonds is 4. The number of benzene rings is 1. The zero-order valence-electron chi connectivity index (χ0n) is 11.6. The van der Waals surface area contributed by atoms with Gasteiger partial charge in [-0.3, -0.25) is 4.79 Å². The van der Waals surface area contributed by atoms with E-state index >= 15 is 0 Å². The molecule has 1 fully saturated rings. The maximum absolute atomic E-state index is 12.4. The molecule has 2 rings (SSSR count). The number of hydrogen-bond acceptors (Lipinski definition) is 3. The third-order valence-corrected chi connectivity index (χ3v) is 5.19. The highest BCUT2D eigenvalue weighted by Gasteiger charge is 2.29. The van der Waals surface area contributed by atoms with Crippen molar-refractivity contribution in [2.45, 2.75) is 31.6 Å². The minimum atomic E-state index is -3.32. The van der Waals surface area contributed by atoms with E-state index in [2.05, 4.69) is 5.32 Å². The highest BCUT2D eigenvalue weighted by Crippen LogP contribution is 2.17. The van der Waals surface area contributed by atoms with Crippen LogP contribution in [-0.2, 0) is 20.6 Å². The molecule has 1 N–H and O–H groups in total. The lowest BCUT2D eigenvalue weighted by molar-refractivity contribution is -0.119. The van der Waals surface area contributed by atoms with Crippen molar-refractivity contribution in [1.29, 1.82) is 0 Å². The number of amides is 1. The maximum atomic E-state index is 12.4. The summed E-state index contributed by atoms with van der Waals surface area (Å²) in [6.07, 6.45) is 1.61. The first-order valence-corrected chi connectivity index (χ1v) is 8.37. The minimum absolute atomic E-state index is 0.0145. The second kappa shape index (κ2) is 6.37. The van der Waals surface area contributed by atoms with Gasteiger partial charge in [0.1, 0.15) is 0 Å². The number of nitrogens with one attached hydrogen (secondary N) is 1. The second-order valence-electron chi connectivity index (χ2n) is 5.14. The zero-order chi connectivity index (χ0) is 14.6. The summed E-state index contributed by atoms with van der Waals surface area (Å²) in [5.74, 6) is -0.0991. The van der Waals surface area contributed by atoms with Crippen LogP contribution in [0, 0.1) is 0 Å². The Hall–Kier alpha value is -1.40. The van der Waals surface area contributed by atoms with Crippen LogP contribution in [0.5, 0.6) is 0 Å². The Kier molecular flexibility index (Phi) is 4.77. The van der Waals surface area contributed by atoms with Crippen LogP contribution in [0.4, 0.5) is 0 Å². The van der Waals surface area contributed by atoms with Crippen molar-refractivity contribution >= 4 is 15.9 Å². The molecule has 20 heavy (non-hydrogen) atoms. The van der Waals surface area contributed by atoms with Crippen LogP contribution in [-0.4, -0.2) is 37.8 Å². The van der Waals surface area contributed by atoms with Crippen LogP contribution in [0.1, 0.15) is 25.3 Å². The number of nitrogens with zero attached hydrogens (tertiary/aromatic N) is 1. The topological polar surface area (TPSA) is 66.5 Å². The number of hydrogen-bond donors (Lipinski definition) is 1. The Morgan fingerprint density at radius 1 is 1.35 bits per heavy atom. The molecule has 1 saturated heterocycles. The molecule has 1 aromatic rings. The van der Waals surface area contributed by atoms with Gasteiger partial charge in [0.2, 0.25) is 15.9 Å². The molecule has 0 aliphatic carbocycles. The van der Waals surface area contributed by atoms with Gasteiger partial charge in [0.25, 0.3) is 0 Å². The molecule has 1 aliphatic heterocycles. The van der Waals surface area contributed by atoms with E-state index in [1.807, 2.05) is 30.3 Å². The van der Waals surface area contributed by atoms with E-state index in [1.165, 1.54) is 11.2 Å². The predicted octanol–water partition coefficient (Wildman–Crippen LogP) is 1.12. The van der Waals surface area contributed by atoms with Gasteiger partial charge in [-0.2, -0.15) is 4.31 Å². The Balaban J connectivity index is 2.03. The van der Waals surface area contributed by atoms with Crippen LogP contribution in [0.25, 0.3) is 0 Å². The van der Waals surface area contributed by atoms with Crippen molar-refractivity contribution in [3.05, 3.63) is 35.9 Å². The van der Waals surface area contributed by atoms with Gasteiger partial charge in [-0.05, 0) is 18.4 Å².